The van der Waals surface area contributed by atoms with Crippen molar-refractivity contribution >= 4 is 23.5 Å². The van der Waals surface area contributed by atoms with Gasteiger partial charge in [0.25, 0.3) is 0 Å². The molecule has 0 rings (SSSR count). The molecule has 0 nitrogen and oxygen atoms in total. The molecule has 0 atom stereocenters. The number of hydrogen-bond donors (Lipinski definition) is 0. The fourth-order valence-corrected chi connectivity index (χ4v) is 0.289. The summed E-state index contributed by atoms with van der Waals surface area (Å²) in [5, 5.41) is 0. The highest BCUT2D eigenvalue weighted by atomic mass is 13.8. The Bertz CT molecular complexity index is 25.2. The minimum atomic E-state index is 0.935. The molecular formula is C3H11B3. The van der Waals surface area contributed by atoms with Gasteiger partial charge in [-0.15, -0.1) is 0 Å². The molecule has 0 saturated carbocycles. The van der Waals surface area contributed by atoms with Crippen LogP contribution in [0.15, 0.2) is 0 Å². The fourth-order valence-electron chi connectivity index (χ4n) is 0.289. The van der Waals surface area contributed by atoms with Crippen molar-refractivity contribution in [1.29, 1.82) is 0 Å². The Morgan fingerprint density at radius 2 is 1.50 bits per heavy atom. The summed E-state index contributed by atoms with van der Waals surface area (Å²) in [7, 11) is 6.74. The third-order valence-electron chi connectivity index (χ3n) is 1.39. The molecule has 32 valence electrons. The smallest absolute Gasteiger partial charge is 0.0859 e. The SMILES string of the molecule is BCC(B)CB. The molecule has 0 amide bonds. The monoisotopic (exact) mass is 80.1 g/mol. The maximum Gasteiger partial charge on any atom is 0.103 e. The first kappa shape index (κ1) is 6.19. The highest BCUT2D eigenvalue weighted by molar-refractivity contribution is 6.23. The van der Waals surface area contributed by atoms with Gasteiger partial charge in [-0.1, -0.05) is 18.5 Å². The van der Waals surface area contributed by atoms with Crippen LogP contribution in [0.5, 0.6) is 0 Å². The molecule has 3 heteroatoms. The van der Waals surface area contributed by atoms with Gasteiger partial charge < -0.3 is 0 Å². The zero-order valence-corrected chi connectivity index (χ0v) is 4.99. The van der Waals surface area contributed by atoms with Crippen molar-refractivity contribution in [2.45, 2.75) is 18.5 Å². The summed E-state index contributed by atoms with van der Waals surface area (Å²) in [6, 6.07) is 0. The Labute approximate surface area is 42.9 Å². The second-order valence-electron chi connectivity index (χ2n) is 1.92. The van der Waals surface area contributed by atoms with Crippen LogP contribution in [0.1, 0.15) is 0 Å². The van der Waals surface area contributed by atoms with E-state index in [9.17, 15) is 0 Å². The normalized spacial score (nSPS) is 9.50. The molecule has 0 radical (unpaired) electrons. The van der Waals surface area contributed by atoms with E-state index in [-0.39, 0.29) is 0 Å². The van der Waals surface area contributed by atoms with Crippen molar-refractivity contribution in [1.82, 2.24) is 0 Å². The topological polar surface area (TPSA) is 0 Å². The van der Waals surface area contributed by atoms with Crippen LogP contribution < -0.4 is 0 Å². The third-order valence-corrected chi connectivity index (χ3v) is 1.39. The van der Waals surface area contributed by atoms with Gasteiger partial charge >= 0.3 is 0 Å². The van der Waals surface area contributed by atoms with E-state index in [1.165, 1.54) is 12.6 Å². The molecule has 0 aliphatic heterocycles. The van der Waals surface area contributed by atoms with Crippen molar-refractivity contribution in [3.63, 3.8) is 0 Å². The van der Waals surface area contributed by atoms with Gasteiger partial charge in [0.2, 0.25) is 0 Å². The highest BCUT2D eigenvalue weighted by Crippen LogP contribution is 2.04. The predicted molar refractivity (Wildman–Crippen MR) is 39.0 cm³/mol. The van der Waals surface area contributed by atoms with Gasteiger partial charge in [-0.25, -0.2) is 0 Å². The molecule has 0 bridgehead atoms. The van der Waals surface area contributed by atoms with Crippen LogP contribution in [0.25, 0.3) is 0 Å². The first-order valence-corrected chi connectivity index (χ1v) is 2.81. The standard InChI is InChI=1S/C3H11B3/c4-1-3(6)2-5/h3H,1-2,4-6H2. The predicted octanol–water partition coefficient (Wildman–Crippen LogP) is -1.49. The molecule has 0 heterocycles. The van der Waals surface area contributed by atoms with E-state index in [0.29, 0.717) is 0 Å². The van der Waals surface area contributed by atoms with Gasteiger partial charge in [0.1, 0.15) is 23.5 Å². The lowest BCUT2D eigenvalue weighted by molar-refractivity contribution is 1.07. The Morgan fingerprint density at radius 1 is 1.17 bits per heavy atom. The van der Waals surface area contributed by atoms with E-state index >= 15 is 0 Å². The fraction of sp³-hybridized carbons (Fsp3) is 1.00. The van der Waals surface area contributed by atoms with Gasteiger partial charge in [-0.3, -0.25) is 0 Å². The lowest BCUT2D eigenvalue weighted by atomic mass is 9.70. The molecule has 0 N–H and O–H groups in total. The maximum absolute atomic E-state index is 2.28. The van der Waals surface area contributed by atoms with Crippen molar-refractivity contribution in [3.8, 4) is 0 Å². The quantitative estimate of drug-likeness (QED) is 0.354. The van der Waals surface area contributed by atoms with E-state index in [1.54, 1.807) is 0 Å². The van der Waals surface area contributed by atoms with E-state index in [2.05, 4.69) is 23.5 Å². The first-order valence-electron chi connectivity index (χ1n) is 2.81. The summed E-state index contributed by atoms with van der Waals surface area (Å²) in [5.41, 5.74) is 0. The third kappa shape index (κ3) is 2.43. The summed E-state index contributed by atoms with van der Waals surface area (Å²) in [6.07, 6.45) is 2.66. The van der Waals surface area contributed by atoms with E-state index in [0.717, 1.165) is 5.82 Å². The molecule has 0 fully saturated rings. The number of hydrogen-bond acceptors (Lipinski definition) is 0. The van der Waals surface area contributed by atoms with Crippen LogP contribution in [-0.4, -0.2) is 23.5 Å². The Balaban J connectivity index is 2.75. The zero-order chi connectivity index (χ0) is 4.99. The van der Waals surface area contributed by atoms with Crippen molar-refractivity contribution < 1.29 is 0 Å². The zero-order valence-electron chi connectivity index (χ0n) is 4.99. The van der Waals surface area contributed by atoms with Gasteiger partial charge in [0.15, 0.2) is 0 Å². The molecule has 6 heavy (non-hydrogen) atoms. The second kappa shape index (κ2) is 3.39. The summed E-state index contributed by atoms with van der Waals surface area (Å²) < 4.78 is 0. The average molecular weight is 79.6 g/mol. The average Bonchev–Trinajstić information content (AvgIpc) is 1.65. The molecule has 0 spiro atoms. The minimum Gasteiger partial charge on any atom is -0.0859 e. The van der Waals surface area contributed by atoms with Gasteiger partial charge in [-0.2, -0.15) is 0 Å². The van der Waals surface area contributed by atoms with Crippen molar-refractivity contribution in [3.05, 3.63) is 0 Å². The summed E-state index contributed by atoms with van der Waals surface area (Å²) >= 11 is 0. The molecule has 0 saturated heterocycles. The van der Waals surface area contributed by atoms with Crippen molar-refractivity contribution in [2.75, 3.05) is 0 Å². The van der Waals surface area contributed by atoms with Gasteiger partial charge in [0.05, 0.1) is 0 Å². The highest BCUT2D eigenvalue weighted by Gasteiger charge is 1.89. The summed E-state index contributed by atoms with van der Waals surface area (Å²) in [6.45, 7) is 0. The Hall–Kier alpha value is 0.195. The molecule has 0 unspecified atom stereocenters. The summed E-state index contributed by atoms with van der Waals surface area (Å²) in [4.78, 5) is 0. The Morgan fingerprint density at radius 3 is 1.50 bits per heavy atom. The molecule has 0 aromatic rings. The van der Waals surface area contributed by atoms with Crippen LogP contribution in [0.3, 0.4) is 0 Å². The first-order chi connectivity index (χ1) is 2.81. The van der Waals surface area contributed by atoms with E-state index in [1.807, 2.05) is 0 Å². The maximum atomic E-state index is 2.28. The summed E-state index contributed by atoms with van der Waals surface area (Å²) in [5.74, 6) is 0.935. The molecule has 0 aliphatic carbocycles. The lowest BCUT2D eigenvalue weighted by Gasteiger charge is -1.98. The molecule has 0 aromatic heterocycles. The van der Waals surface area contributed by atoms with E-state index in [4.69, 9.17) is 0 Å². The largest absolute Gasteiger partial charge is 0.103 e. The minimum absolute atomic E-state index is 0.935. The van der Waals surface area contributed by atoms with Crippen LogP contribution in [0.2, 0.25) is 18.5 Å². The van der Waals surface area contributed by atoms with Crippen LogP contribution in [0, 0.1) is 0 Å². The van der Waals surface area contributed by atoms with Crippen LogP contribution in [-0.2, 0) is 0 Å². The van der Waals surface area contributed by atoms with Gasteiger partial charge in [-0.05, 0) is 0 Å². The Kier molecular flexibility index (Phi) is 3.50. The molecule has 0 aliphatic rings. The molecular weight excluding hydrogens is 68.5 g/mol. The van der Waals surface area contributed by atoms with E-state index < -0.39 is 0 Å². The van der Waals surface area contributed by atoms with Crippen LogP contribution in [0.4, 0.5) is 0 Å². The van der Waals surface area contributed by atoms with Crippen molar-refractivity contribution in [2.24, 2.45) is 0 Å². The van der Waals surface area contributed by atoms with Crippen LogP contribution >= 0.6 is 0 Å². The second-order valence-corrected chi connectivity index (χ2v) is 1.92. The molecule has 0 aromatic carbocycles. The van der Waals surface area contributed by atoms with Gasteiger partial charge in [0, 0.05) is 0 Å². The lowest BCUT2D eigenvalue weighted by Crippen LogP contribution is -1.87. The number of rotatable bonds is 2.